The van der Waals surface area contributed by atoms with Gasteiger partial charge in [-0.25, -0.2) is 10.2 Å². The van der Waals surface area contributed by atoms with Crippen LogP contribution < -0.4 is 15.8 Å². The first-order chi connectivity index (χ1) is 7.15. The zero-order valence-electron chi connectivity index (χ0n) is 8.38. The number of amides is 2. The number of urea groups is 1. The predicted molar refractivity (Wildman–Crippen MR) is 60.1 cm³/mol. The second-order valence-electron chi connectivity index (χ2n) is 3.51. The van der Waals surface area contributed by atoms with E-state index in [0.717, 1.165) is 17.8 Å². The number of benzene rings is 1. The lowest BCUT2D eigenvalue weighted by Crippen LogP contribution is -2.56. The first kappa shape index (κ1) is 10.1. The molecule has 2 amide bonds. The Bertz CT molecular complexity index is 374. The molecule has 1 saturated heterocycles. The van der Waals surface area contributed by atoms with Gasteiger partial charge in [-0.2, -0.15) is 0 Å². The van der Waals surface area contributed by atoms with Crippen LogP contribution in [0.4, 0.5) is 10.5 Å². The number of aryl methyl sites for hydroxylation is 1. The van der Waals surface area contributed by atoms with Gasteiger partial charge in [0.1, 0.15) is 0 Å². The van der Waals surface area contributed by atoms with E-state index in [4.69, 9.17) is 11.6 Å². The summed E-state index contributed by atoms with van der Waals surface area (Å²) < 4.78 is 0. The molecule has 0 bridgehead atoms. The third-order valence-electron chi connectivity index (χ3n) is 2.20. The molecule has 1 heterocycles. The highest BCUT2D eigenvalue weighted by atomic mass is 35.5. The third-order valence-corrected chi connectivity index (χ3v) is 2.41. The molecule has 5 heteroatoms. The van der Waals surface area contributed by atoms with Crippen LogP contribution in [0.1, 0.15) is 5.56 Å². The maximum atomic E-state index is 11.1. The Kier molecular flexibility index (Phi) is 2.68. The van der Waals surface area contributed by atoms with E-state index >= 15 is 0 Å². The molecule has 4 nitrogen and oxygen atoms in total. The lowest BCUT2D eigenvalue weighted by atomic mass is 10.2. The Balaban J connectivity index is 2.24. The van der Waals surface area contributed by atoms with E-state index in [1.165, 1.54) is 0 Å². The number of nitrogens with zero attached hydrogens (tertiary/aromatic N) is 1. The van der Waals surface area contributed by atoms with E-state index in [0.29, 0.717) is 11.6 Å². The van der Waals surface area contributed by atoms with Crippen LogP contribution >= 0.6 is 11.6 Å². The fourth-order valence-corrected chi connectivity index (χ4v) is 1.85. The van der Waals surface area contributed by atoms with Gasteiger partial charge in [0.25, 0.3) is 0 Å². The summed E-state index contributed by atoms with van der Waals surface area (Å²) in [5.41, 5.74) is 4.70. The van der Waals surface area contributed by atoms with Crippen LogP contribution in [0.15, 0.2) is 18.2 Å². The van der Waals surface area contributed by atoms with Crippen LogP contribution in [-0.4, -0.2) is 19.1 Å². The molecule has 0 aliphatic carbocycles. The van der Waals surface area contributed by atoms with Gasteiger partial charge in [0.05, 0.1) is 12.2 Å². The van der Waals surface area contributed by atoms with Crippen LogP contribution in [0.3, 0.4) is 0 Å². The number of hydrogen-bond acceptors (Lipinski definition) is 2. The summed E-state index contributed by atoms with van der Waals surface area (Å²) in [6.45, 7) is 3.34. The molecule has 0 atom stereocenters. The van der Waals surface area contributed by atoms with Gasteiger partial charge in [0, 0.05) is 11.6 Å². The molecule has 0 spiro atoms. The van der Waals surface area contributed by atoms with Crippen molar-refractivity contribution >= 4 is 23.3 Å². The second-order valence-corrected chi connectivity index (χ2v) is 3.94. The maximum Gasteiger partial charge on any atom is 0.333 e. The van der Waals surface area contributed by atoms with E-state index in [9.17, 15) is 4.79 Å². The molecule has 2 N–H and O–H groups in total. The summed E-state index contributed by atoms with van der Waals surface area (Å²) in [6, 6.07) is 5.52. The summed E-state index contributed by atoms with van der Waals surface area (Å²) in [5, 5.41) is 5.15. The monoisotopic (exact) mass is 225 g/mol. The lowest BCUT2D eigenvalue weighted by molar-refractivity contribution is 0.236. The third kappa shape index (κ3) is 2.33. The molecule has 15 heavy (non-hydrogen) atoms. The van der Waals surface area contributed by atoms with Crippen molar-refractivity contribution in [1.82, 2.24) is 10.7 Å². The Labute approximate surface area is 93.2 Å². The van der Waals surface area contributed by atoms with Crippen molar-refractivity contribution in [3.05, 3.63) is 28.8 Å². The largest absolute Gasteiger partial charge is 0.335 e. The molecular weight excluding hydrogens is 214 g/mol. The molecule has 0 saturated carbocycles. The van der Waals surface area contributed by atoms with Gasteiger partial charge in [-0.1, -0.05) is 11.6 Å². The Morgan fingerprint density at radius 3 is 2.87 bits per heavy atom. The minimum absolute atomic E-state index is 0.182. The van der Waals surface area contributed by atoms with Crippen molar-refractivity contribution in [2.75, 3.05) is 18.1 Å². The van der Waals surface area contributed by atoms with Crippen molar-refractivity contribution in [2.24, 2.45) is 0 Å². The number of hydrogen-bond donors (Lipinski definition) is 2. The van der Waals surface area contributed by atoms with Gasteiger partial charge >= 0.3 is 6.03 Å². The van der Waals surface area contributed by atoms with Crippen LogP contribution in [-0.2, 0) is 0 Å². The molecule has 2 rings (SSSR count). The average molecular weight is 226 g/mol. The van der Waals surface area contributed by atoms with Gasteiger partial charge in [-0.05, 0) is 30.7 Å². The SMILES string of the molecule is Cc1cc(Cl)cc(N2CCNC(=O)N2)c1. The molecule has 1 aliphatic heterocycles. The summed E-state index contributed by atoms with van der Waals surface area (Å²) in [7, 11) is 0. The molecule has 1 aromatic rings. The fraction of sp³-hybridized carbons (Fsp3) is 0.300. The van der Waals surface area contributed by atoms with E-state index in [-0.39, 0.29) is 6.03 Å². The quantitative estimate of drug-likeness (QED) is 0.764. The summed E-state index contributed by atoms with van der Waals surface area (Å²) in [5.74, 6) is 0. The lowest BCUT2D eigenvalue weighted by Gasteiger charge is -2.30. The first-order valence-corrected chi connectivity index (χ1v) is 5.12. The molecule has 0 unspecified atom stereocenters. The van der Waals surface area contributed by atoms with E-state index in [2.05, 4.69) is 10.7 Å². The summed E-state index contributed by atoms with van der Waals surface area (Å²) in [4.78, 5) is 11.1. The molecule has 0 radical (unpaired) electrons. The van der Waals surface area contributed by atoms with E-state index in [1.807, 2.05) is 25.1 Å². The summed E-state index contributed by atoms with van der Waals surface area (Å²) >= 11 is 5.95. The van der Waals surface area contributed by atoms with Crippen LogP contribution in [0.2, 0.25) is 5.02 Å². The van der Waals surface area contributed by atoms with Gasteiger partial charge < -0.3 is 5.32 Å². The number of carbonyl (C=O) groups excluding carboxylic acids is 1. The number of nitrogens with one attached hydrogen (secondary N) is 2. The zero-order valence-corrected chi connectivity index (χ0v) is 9.14. The van der Waals surface area contributed by atoms with Gasteiger partial charge in [-0.3, -0.25) is 5.01 Å². The number of anilines is 1. The normalized spacial score (nSPS) is 15.9. The highest BCUT2D eigenvalue weighted by molar-refractivity contribution is 6.30. The topological polar surface area (TPSA) is 44.4 Å². The Morgan fingerprint density at radius 2 is 2.20 bits per heavy atom. The van der Waals surface area contributed by atoms with E-state index in [1.54, 1.807) is 5.01 Å². The van der Waals surface area contributed by atoms with Crippen molar-refractivity contribution in [2.45, 2.75) is 6.92 Å². The van der Waals surface area contributed by atoms with Gasteiger partial charge in [-0.15, -0.1) is 0 Å². The van der Waals surface area contributed by atoms with Crippen LogP contribution in [0.5, 0.6) is 0 Å². The highest BCUT2D eigenvalue weighted by Gasteiger charge is 2.15. The molecule has 1 aliphatic rings. The minimum Gasteiger partial charge on any atom is -0.335 e. The van der Waals surface area contributed by atoms with Crippen molar-refractivity contribution < 1.29 is 4.79 Å². The Hall–Kier alpha value is -1.42. The number of rotatable bonds is 1. The number of halogens is 1. The van der Waals surface area contributed by atoms with Gasteiger partial charge in [0.2, 0.25) is 0 Å². The van der Waals surface area contributed by atoms with Crippen LogP contribution in [0.25, 0.3) is 0 Å². The maximum absolute atomic E-state index is 11.1. The van der Waals surface area contributed by atoms with Crippen LogP contribution in [0, 0.1) is 6.92 Å². The average Bonchev–Trinajstić information content (AvgIpc) is 2.16. The number of hydrazine groups is 1. The standard InChI is InChI=1S/C10H12ClN3O/c1-7-4-8(11)6-9(5-7)14-3-2-12-10(15)13-14/h4-6H,2-3H2,1H3,(H2,12,13,15). The molecule has 80 valence electrons. The zero-order chi connectivity index (χ0) is 10.8. The van der Waals surface area contributed by atoms with E-state index < -0.39 is 0 Å². The van der Waals surface area contributed by atoms with Crippen molar-refractivity contribution in [3.63, 3.8) is 0 Å². The van der Waals surface area contributed by atoms with Crippen molar-refractivity contribution in [3.8, 4) is 0 Å². The minimum atomic E-state index is -0.182. The first-order valence-electron chi connectivity index (χ1n) is 4.74. The van der Waals surface area contributed by atoms with Gasteiger partial charge in [0.15, 0.2) is 0 Å². The molecule has 1 aromatic carbocycles. The second kappa shape index (κ2) is 3.98. The number of carbonyl (C=O) groups is 1. The smallest absolute Gasteiger partial charge is 0.333 e. The predicted octanol–water partition coefficient (Wildman–Crippen LogP) is 1.68. The molecule has 0 aromatic heterocycles. The highest BCUT2D eigenvalue weighted by Crippen LogP contribution is 2.21. The molecular formula is C10H12ClN3O. The Morgan fingerprint density at radius 1 is 1.40 bits per heavy atom. The summed E-state index contributed by atoms with van der Waals surface area (Å²) in [6.07, 6.45) is 0. The molecule has 1 fully saturated rings. The fourth-order valence-electron chi connectivity index (χ4n) is 1.57. The van der Waals surface area contributed by atoms with Crippen molar-refractivity contribution in [1.29, 1.82) is 0 Å².